The van der Waals surface area contributed by atoms with Crippen LogP contribution in [-0.4, -0.2) is 71.2 Å². The van der Waals surface area contributed by atoms with Gasteiger partial charge >= 0.3 is 23.9 Å². The molecule has 0 saturated carbocycles. The van der Waals surface area contributed by atoms with E-state index in [1.807, 2.05) is 6.92 Å². The van der Waals surface area contributed by atoms with Gasteiger partial charge in [0.2, 0.25) is 23.0 Å². The third-order valence-corrected chi connectivity index (χ3v) is 2.76. The average molecular weight is 430 g/mol. The second-order valence-electron chi connectivity index (χ2n) is 5.01. The molecule has 0 amide bonds. The fraction of sp³-hybridized carbons (Fsp3) is 0.333. The summed E-state index contributed by atoms with van der Waals surface area (Å²) in [5.74, 6) is -4.51. The number of esters is 2. The van der Waals surface area contributed by atoms with E-state index in [2.05, 4.69) is 9.15 Å². The second-order valence-corrected chi connectivity index (χ2v) is 5.01. The Morgan fingerprint density at radius 3 is 1.53 bits per heavy atom. The summed E-state index contributed by atoms with van der Waals surface area (Å²) in [4.78, 5) is 42.6. The summed E-state index contributed by atoms with van der Waals surface area (Å²) in [6, 6.07) is 4.93. The first kappa shape index (κ1) is 26.4. The van der Waals surface area contributed by atoms with Gasteiger partial charge in [0.05, 0.1) is 26.9 Å². The number of hydrogen-bond acceptors (Lipinski definition) is 10. The van der Waals surface area contributed by atoms with Crippen molar-refractivity contribution in [2.24, 2.45) is 0 Å². The van der Waals surface area contributed by atoms with E-state index in [4.69, 9.17) is 29.6 Å². The lowest BCUT2D eigenvalue weighted by atomic mass is 10.4. The van der Waals surface area contributed by atoms with Crippen LogP contribution in [-0.2, 0) is 9.47 Å². The zero-order chi connectivity index (χ0) is 23.1. The molecule has 0 atom stereocenters. The minimum atomic E-state index is -1.28. The predicted molar refractivity (Wildman–Crippen MR) is 97.4 cm³/mol. The number of furan rings is 2. The highest BCUT2D eigenvalue weighted by Gasteiger charge is 2.16. The summed E-state index contributed by atoms with van der Waals surface area (Å²) >= 11 is 0. The number of aliphatic hydroxyl groups is 2. The van der Waals surface area contributed by atoms with Gasteiger partial charge in [0.25, 0.3) is 0 Å². The molecule has 0 saturated heterocycles. The molecule has 0 radical (unpaired) electrons. The molecule has 2 heterocycles. The number of aromatic carboxylic acids is 2. The number of carbonyl (C=O) groups is 4. The zero-order valence-electron chi connectivity index (χ0n) is 16.2. The fourth-order valence-corrected chi connectivity index (χ4v) is 1.49. The lowest BCUT2D eigenvalue weighted by Gasteiger charge is -1.98. The van der Waals surface area contributed by atoms with E-state index in [9.17, 15) is 19.2 Å². The molecule has 4 N–H and O–H groups in total. The van der Waals surface area contributed by atoms with E-state index in [0.29, 0.717) is 6.61 Å². The molecule has 166 valence electrons. The van der Waals surface area contributed by atoms with E-state index < -0.39 is 23.9 Å². The molecular formula is C18H22O12. The molecule has 2 aromatic heterocycles. The van der Waals surface area contributed by atoms with Crippen molar-refractivity contribution < 1.29 is 57.9 Å². The van der Waals surface area contributed by atoms with Gasteiger partial charge in [-0.25, -0.2) is 19.2 Å². The van der Waals surface area contributed by atoms with Crippen LogP contribution in [0.1, 0.15) is 55.6 Å². The van der Waals surface area contributed by atoms with Crippen molar-refractivity contribution in [3.8, 4) is 0 Å². The SMILES string of the molecule is CCCOC(=O)c1ccc(C(=O)OC)o1.O=C(O)c1ccc(C(=O)O)o1.OCCO. The lowest BCUT2D eigenvalue weighted by Crippen LogP contribution is -2.05. The van der Waals surface area contributed by atoms with Gasteiger partial charge in [-0.15, -0.1) is 0 Å². The number of ether oxygens (including phenoxy) is 2. The van der Waals surface area contributed by atoms with E-state index in [1.54, 1.807) is 0 Å². The molecule has 12 heteroatoms. The Morgan fingerprint density at radius 2 is 1.20 bits per heavy atom. The number of carboxylic acid groups (broad SMARTS) is 2. The first-order valence-electron chi connectivity index (χ1n) is 8.35. The van der Waals surface area contributed by atoms with E-state index in [0.717, 1.165) is 18.6 Å². The maximum Gasteiger partial charge on any atom is 0.374 e. The second kappa shape index (κ2) is 14.4. The highest BCUT2D eigenvalue weighted by molar-refractivity contribution is 5.91. The fourth-order valence-electron chi connectivity index (χ4n) is 1.49. The van der Waals surface area contributed by atoms with Crippen LogP contribution in [0.4, 0.5) is 0 Å². The molecule has 0 aliphatic carbocycles. The van der Waals surface area contributed by atoms with Crippen molar-refractivity contribution in [2.75, 3.05) is 26.9 Å². The number of rotatable bonds is 7. The monoisotopic (exact) mass is 430 g/mol. The summed E-state index contributed by atoms with van der Waals surface area (Å²) in [7, 11) is 1.24. The van der Waals surface area contributed by atoms with Crippen molar-refractivity contribution in [3.63, 3.8) is 0 Å². The van der Waals surface area contributed by atoms with Crippen molar-refractivity contribution in [3.05, 3.63) is 47.3 Å². The first-order valence-corrected chi connectivity index (χ1v) is 8.35. The normalized spacial score (nSPS) is 9.33. The Kier molecular flexibility index (Phi) is 12.6. The lowest BCUT2D eigenvalue weighted by molar-refractivity contribution is 0.0456. The summed E-state index contributed by atoms with van der Waals surface area (Å²) in [5, 5.41) is 31.8. The molecule has 12 nitrogen and oxygen atoms in total. The summed E-state index contributed by atoms with van der Waals surface area (Å²) in [6.07, 6.45) is 0.732. The van der Waals surface area contributed by atoms with Crippen LogP contribution in [0.5, 0.6) is 0 Å². The smallest absolute Gasteiger partial charge is 0.374 e. The van der Waals surface area contributed by atoms with Crippen molar-refractivity contribution in [1.29, 1.82) is 0 Å². The average Bonchev–Trinajstić information content (AvgIpc) is 3.42. The van der Waals surface area contributed by atoms with Crippen LogP contribution in [0.3, 0.4) is 0 Å². The summed E-state index contributed by atoms with van der Waals surface area (Å²) < 4.78 is 18.6. The van der Waals surface area contributed by atoms with E-state index in [-0.39, 0.29) is 36.3 Å². The van der Waals surface area contributed by atoms with Gasteiger partial charge in [0.15, 0.2) is 0 Å². The van der Waals surface area contributed by atoms with Crippen molar-refractivity contribution >= 4 is 23.9 Å². The molecule has 0 aliphatic rings. The van der Waals surface area contributed by atoms with Gasteiger partial charge < -0.3 is 38.7 Å². The molecule has 0 bridgehead atoms. The maximum atomic E-state index is 11.3. The molecule has 0 spiro atoms. The number of carbonyl (C=O) groups excluding carboxylic acids is 2. The maximum absolute atomic E-state index is 11.3. The molecule has 2 rings (SSSR count). The molecule has 0 unspecified atom stereocenters. The van der Waals surface area contributed by atoms with Gasteiger partial charge in [-0.2, -0.15) is 0 Å². The Labute approximate surface area is 170 Å². The van der Waals surface area contributed by atoms with Gasteiger partial charge in [0, 0.05) is 0 Å². The van der Waals surface area contributed by atoms with Crippen molar-refractivity contribution in [1.82, 2.24) is 0 Å². The van der Waals surface area contributed by atoms with Crippen LogP contribution in [0.15, 0.2) is 33.1 Å². The van der Waals surface area contributed by atoms with Crippen LogP contribution >= 0.6 is 0 Å². The number of carboxylic acids is 2. The third-order valence-electron chi connectivity index (χ3n) is 2.76. The molecular weight excluding hydrogens is 408 g/mol. The minimum absolute atomic E-state index is 0.00356. The van der Waals surface area contributed by atoms with Crippen LogP contribution in [0.2, 0.25) is 0 Å². The van der Waals surface area contributed by atoms with Gasteiger partial charge in [-0.3, -0.25) is 0 Å². The van der Waals surface area contributed by atoms with Gasteiger partial charge in [-0.05, 0) is 30.7 Å². The molecule has 0 fully saturated rings. The highest BCUT2D eigenvalue weighted by Crippen LogP contribution is 2.10. The van der Waals surface area contributed by atoms with Crippen LogP contribution in [0.25, 0.3) is 0 Å². The Morgan fingerprint density at radius 1 is 0.800 bits per heavy atom. The van der Waals surface area contributed by atoms with Crippen LogP contribution < -0.4 is 0 Å². The number of methoxy groups -OCH3 is 1. The standard InChI is InChI=1S/C10H12O5.C6H4O5.C2H6O2/c1-3-6-14-10(12)8-5-4-7(15-8)9(11)13-2;7-5(8)3-1-2-4(11-3)6(9)10;3-1-2-4/h4-5H,3,6H2,1-2H3;1-2H,(H,7,8)(H,9,10);3-4H,1-2H2. The van der Waals surface area contributed by atoms with Gasteiger partial charge in [-0.1, -0.05) is 6.92 Å². The Hall–Kier alpha value is -3.64. The Bertz CT molecular complexity index is 786. The summed E-state index contributed by atoms with van der Waals surface area (Å²) in [5.41, 5.74) is 0. The minimum Gasteiger partial charge on any atom is -0.475 e. The third kappa shape index (κ3) is 9.52. The topological polar surface area (TPSA) is 194 Å². The van der Waals surface area contributed by atoms with Crippen molar-refractivity contribution in [2.45, 2.75) is 13.3 Å². The first-order chi connectivity index (χ1) is 14.2. The van der Waals surface area contributed by atoms with Crippen LogP contribution in [0, 0.1) is 0 Å². The predicted octanol–water partition coefficient (Wildman–Crippen LogP) is 1.28. The largest absolute Gasteiger partial charge is 0.475 e. The van der Waals surface area contributed by atoms with E-state index in [1.165, 1.54) is 19.2 Å². The molecule has 2 aromatic rings. The van der Waals surface area contributed by atoms with Gasteiger partial charge in [0.1, 0.15) is 0 Å². The zero-order valence-corrected chi connectivity index (χ0v) is 16.2. The molecule has 30 heavy (non-hydrogen) atoms. The van der Waals surface area contributed by atoms with E-state index >= 15 is 0 Å². The highest BCUT2D eigenvalue weighted by atomic mass is 16.6. The molecule has 0 aliphatic heterocycles. The quantitative estimate of drug-likeness (QED) is 0.460. The number of aliphatic hydroxyl groups excluding tert-OH is 2. The summed E-state index contributed by atoms with van der Waals surface area (Å²) in [6.45, 7) is 1.96. The Balaban J connectivity index is 0.000000491. The molecule has 0 aromatic carbocycles. The number of hydrogen-bond donors (Lipinski definition) is 4.